The molecule has 0 atom stereocenters. The molecule has 0 radical (unpaired) electrons. The molecule has 2 aromatic rings. The number of benzene rings is 1. The summed E-state index contributed by atoms with van der Waals surface area (Å²) in [6, 6.07) is 13.5. The summed E-state index contributed by atoms with van der Waals surface area (Å²) in [5.41, 5.74) is 0.994. The number of thiophene rings is 1. The van der Waals surface area contributed by atoms with Crippen molar-refractivity contribution >= 4 is 57.5 Å². The predicted molar refractivity (Wildman–Crippen MR) is 118 cm³/mol. The summed E-state index contributed by atoms with van der Waals surface area (Å²) >= 11 is 8.15. The molecule has 3 rings (SSSR count). The highest BCUT2D eigenvalue weighted by Gasteiger charge is 2.32. The first kappa shape index (κ1) is 20.7. The molecule has 5 nitrogen and oxygen atoms in total. The van der Waals surface area contributed by atoms with Crippen LogP contribution in [0.5, 0.6) is 0 Å². The van der Waals surface area contributed by atoms with Crippen LogP contribution in [0.1, 0.15) is 16.9 Å². The van der Waals surface area contributed by atoms with Gasteiger partial charge in [-0.15, -0.1) is 11.3 Å². The van der Waals surface area contributed by atoms with Crippen molar-refractivity contribution in [1.82, 2.24) is 9.80 Å². The zero-order chi connectivity index (χ0) is 19.9. The van der Waals surface area contributed by atoms with Crippen molar-refractivity contribution < 1.29 is 14.7 Å². The van der Waals surface area contributed by atoms with Crippen molar-refractivity contribution in [2.75, 3.05) is 19.7 Å². The standard InChI is InChI=1S/C20H20N2O3S3/c23-11-10-21(14-15-5-2-1-3-6-15)18(24)8-9-22-19(25)17(28-20(22)26)13-16-7-4-12-27-16/h1-7,12-13,23H,8-11,14H2. The van der Waals surface area contributed by atoms with Gasteiger partial charge in [-0.3, -0.25) is 14.5 Å². The van der Waals surface area contributed by atoms with E-state index >= 15 is 0 Å². The first-order chi connectivity index (χ1) is 13.6. The van der Waals surface area contributed by atoms with Crippen LogP contribution in [0.25, 0.3) is 6.08 Å². The SMILES string of the molecule is O=C(CCN1C(=O)C(=Cc2cccs2)SC1=S)N(CCO)Cc1ccccc1. The lowest BCUT2D eigenvalue weighted by molar-refractivity contribution is -0.132. The molecule has 1 aromatic heterocycles. The summed E-state index contributed by atoms with van der Waals surface area (Å²) < 4.78 is 0.470. The number of aliphatic hydroxyl groups is 1. The highest BCUT2D eigenvalue weighted by atomic mass is 32.2. The van der Waals surface area contributed by atoms with Crippen LogP contribution >= 0.6 is 35.3 Å². The molecule has 0 aliphatic carbocycles. The smallest absolute Gasteiger partial charge is 0.266 e. The second-order valence-corrected chi connectivity index (χ2v) is 8.78. The van der Waals surface area contributed by atoms with Gasteiger partial charge in [0, 0.05) is 30.9 Å². The van der Waals surface area contributed by atoms with Crippen molar-refractivity contribution in [3.8, 4) is 0 Å². The Kier molecular flexibility index (Phi) is 7.38. The lowest BCUT2D eigenvalue weighted by atomic mass is 10.2. The lowest BCUT2D eigenvalue weighted by Crippen LogP contribution is -2.37. The fourth-order valence-electron chi connectivity index (χ4n) is 2.78. The highest BCUT2D eigenvalue weighted by molar-refractivity contribution is 8.26. The Hall–Kier alpha value is -2.00. The Bertz CT molecular complexity index is 866. The molecular weight excluding hydrogens is 412 g/mol. The molecule has 1 aliphatic heterocycles. The second kappa shape index (κ2) is 9.97. The van der Waals surface area contributed by atoms with Crippen LogP contribution in [0, 0.1) is 0 Å². The van der Waals surface area contributed by atoms with E-state index in [4.69, 9.17) is 12.2 Å². The molecule has 1 saturated heterocycles. The first-order valence-corrected chi connectivity index (χ1v) is 10.9. The molecule has 1 N–H and O–H groups in total. The number of aliphatic hydroxyl groups excluding tert-OH is 1. The minimum Gasteiger partial charge on any atom is -0.395 e. The molecule has 1 aliphatic rings. The minimum atomic E-state index is -0.159. The number of thioether (sulfide) groups is 1. The third-order valence-corrected chi connectivity index (χ3v) is 6.38. The minimum absolute atomic E-state index is 0.108. The lowest BCUT2D eigenvalue weighted by Gasteiger charge is -2.23. The number of rotatable bonds is 8. The van der Waals surface area contributed by atoms with Crippen LogP contribution < -0.4 is 0 Å². The van der Waals surface area contributed by atoms with Crippen LogP contribution in [0.3, 0.4) is 0 Å². The van der Waals surface area contributed by atoms with Gasteiger partial charge in [0.05, 0.1) is 11.5 Å². The van der Waals surface area contributed by atoms with Gasteiger partial charge in [0.25, 0.3) is 5.91 Å². The third kappa shape index (κ3) is 5.29. The van der Waals surface area contributed by atoms with E-state index in [9.17, 15) is 14.7 Å². The van der Waals surface area contributed by atoms with E-state index in [1.54, 1.807) is 16.2 Å². The second-order valence-electron chi connectivity index (χ2n) is 6.12. The monoisotopic (exact) mass is 432 g/mol. The molecule has 0 unspecified atom stereocenters. The number of carbonyl (C=O) groups is 2. The Morgan fingerprint density at radius 1 is 1.21 bits per heavy atom. The molecule has 1 fully saturated rings. The average molecular weight is 433 g/mol. The van der Waals surface area contributed by atoms with Crippen molar-refractivity contribution in [1.29, 1.82) is 0 Å². The molecule has 2 amide bonds. The number of carbonyl (C=O) groups excluding carboxylic acids is 2. The first-order valence-electron chi connectivity index (χ1n) is 8.80. The summed E-state index contributed by atoms with van der Waals surface area (Å²) in [5, 5.41) is 11.2. The van der Waals surface area contributed by atoms with Gasteiger partial charge in [-0.05, 0) is 23.1 Å². The summed E-state index contributed by atoms with van der Waals surface area (Å²) in [6.07, 6.45) is 1.99. The topological polar surface area (TPSA) is 60.9 Å². The molecule has 0 bridgehead atoms. The van der Waals surface area contributed by atoms with Gasteiger partial charge in [0.2, 0.25) is 5.91 Å². The Morgan fingerprint density at radius 3 is 2.68 bits per heavy atom. The zero-order valence-electron chi connectivity index (χ0n) is 15.1. The maximum Gasteiger partial charge on any atom is 0.266 e. The van der Waals surface area contributed by atoms with Gasteiger partial charge in [0.1, 0.15) is 4.32 Å². The molecule has 146 valence electrons. The van der Waals surface area contributed by atoms with Gasteiger partial charge in [-0.2, -0.15) is 0 Å². The van der Waals surface area contributed by atoms with Crippen LogP contribution in [-0.2, 0) is 16.1 Å². The van der Waals surface area contributed by atoms with E-state index in [1.807, 2.05) is 53.9 Å². The van der Waals surface area contributed by atoms with Crippen molar-refractivity contribution in [2.24, 2.45) is 0 Å². The maximum atomic E-state index is 12.7. The molecule has 8 heteroatoms. The van der Waals surface area contributed by atoms with E-state index in [0.717, 1.165) is 10.4 Å². The van der Waals surface area contributed by atoms with Crippen molar-refractivity contribution in [2.45, 2.75) is 13.0 Å². The van der Waals surface area contributed by atoms with E-state index < -0.39 is 0 Å². The number of hydrogen-bond acceptors (Lipinski definition) is 6. The van der Waals surface area contributed by atoms with Gasteiger partial charge in [-0.1, -0.05) is 60.4 Å². The van der Waals surface area contributed by atoms with Gasteiger partial charge in [-0.25, -0.2) is 0 Å². The zero-order valence-corrected chi connectivity index (χ0v) is 17.6. The van der Waals surface area contributed by atoms with Crippen LogP contribution in [0.15, 0.2) is 52.7 Å². The van der Waals surface area contributed by atoms with Crippen molar-refractivity contribution in [3.05, 3.63) is 63.2 Å². The van der Waals surface area contributed by atoms with E-state index in [1.165, 1.54) is 16.7 Å². The average Bonchev–Trinajstić information content (AvgIpc) is 3.29. The third-order valence-electron chi connectivity index (χ3n) is 4.18. The molecule has 1 aromatic carbocycles. The van der Waals surface area contributed by atoms with Gasteiger partial charge < -0.3 is 10.0 Å². The molecule has 28 heavy (non-hydrogen) atoms. The number of nitrogens with zero attached hydrogens (tertiary/aromatic N) is 2. The van der Waals surface area contributed by atoms with Gasteiger partial charge in [0.15, 0.2) is 0 Å². The number of thiocarbonyl (C=S) groups is 1. The Balaban J connectivity index is 1.60. The fraction of sp³-hybridized carbons (Fsp3) is 0.250. The molecule has 0 spiro atoms. The van der Waals surface area contributed by atoms with Crippen molar-refractivity contribution in [3.63, 3.8) is 0 Å². The summed E-state index contributed by atoms with van der Waals surface area (Å²) in [6.45, 7) is 0.812. The number of hydrogen-bond donors (Lipinski definition) is 1. The molecule has 2 heterocycles. The van der Waals surface area contributed by atoms with Crippen LogP contribution in [-0.4, -0.2) is 50.7 Å². The largest absolute Gasteiger partial charge is 0.395 e. The molecule has 0 saturated carbocycles. The van der Waals surface area contributed by atoms with E-state index in [0.29, 0.717) is 15.8 Å². The Labute approximate surface area is 177 Å². The van der Waals surface area contributed by atoms with E-state index in [-0.39, 0.29) is 37.9 Å². The normalized spacial score (nSPS) is 15.5. The van der Waals surface area contributed by atoms with E-state index in [2.05, 4.69) is 0 Å². The highest BCUT2D eigenvalue weighted by Crippen LogP contribution is 2.33. The predicted octanol–water partition coefficient (Wildman–Crippen LogP) is 3.36. The number of amides is 2. The molecular formula is C20H20N2O3S3. The Morgan fingerprint density at radius 2 is 2.00 bits per heavy atom. The fourth-order valence-corrected chi connectivity index (χ4v) is 4.81. The quantitative estimate of drug-likeness (QED) is 0.512. The van der Waals surface area contributed by atoms with Crippen LogP contribution in [0.4, 0.5) is 0 Å². The maximum absolute atomic E-state index is 12.7. The summed E-state index contributed by atoms with van der Waals surface area (Å²) in [5.74, 6) is -0.276. The van der Waals surface area contributed by atoms with Crippen LogP contribution in [0.2, 0.25) is 0 Å². The van der Waals surface area contributed by atoms with Gasteiger partial charge >= 0.3 is 0 Å². The summed E-state index contributed by atoms with van der Waals surface area (Å²) in [7, 11) is 0. The summed E-state index contributed by atoms with van der Waals surface area (Å²) in [4.78, 5) is 30.0.